The number of rotatable bonds is 5. The summed E-state index contributed by atoms with van der Waals surface area (Å²) in [7, 11) is 0. The summed E-state index contributed by atoms with van der Waals surface area (Å²) >= 11 is 0. The fourth-order valence-electron chi connectivity index (χ4n) is 1.31. The van der Waals surface area contributed by atoms with E-state index in [1.165, 1.54) is 6.07 Å². The summed E-state index contributed by atoms with van der Waals surface area (Å²) in [6, 6.07) is 3.49. The Balaban J connectivity index is 3.07. The van der Waals surface area contributed by atoms with Crippen LogP contribution in [0.3, 0.4) is 0 Å². The second-order valence-corrected chi connectivity index (χ2v) is 3.16. The highest BCUT2D eigenvalue weighted by molar-refractivity contribution is 5.51. The lowest BCUT2D eigenvalue weighted by molar-refractivity contribution is -0.386. The van der Waals surface area contributed by atoms with E-state index in [1.807, 2.05) is 0 Å². The molecule has 0 saturated carbocycles. The number of nitrogens with zero attached hydrogens (tertiary/aromatic N) is 1. The molecule has 0 aliphatic carbocycles. The van der Waals surface area contributed by atoms with Crippen LogP contribution in [0.25, 0.3) is 0 Å². The minimum atomic E-state index is -2.87. The Bertz CT molecular complexity index is 407. The van der Waals surface area contributed by atoms with Gasteiger partial charge in [-0.15, -0.1) is 0 Å². The molecule has 1 aromatic rings. The number of benzene rings is 1. The van der Waals surface area contributed by atoms with Crippen molar-refractivity contribution in [1.82, 2.24) is 0 Å². The number of aryl methyl sites for hydroxylation is 1. The van der Waals surface area contributed by atoms with Crippen LogP contribution in [0.4, 0.5) is 14.5 Å². The van der Waals surface area contributed by atoms with Crippen molar-refractivity contribution in [2.45, 2.75) is 19.3 Å². The zero-order valence-electron chi connectivity index (χ0n) is 8.23. The first-order valence-electron chi connectivity index (χ1n) is 4.55. The highest BCUT2D eigenvalue weighted by atomic mass is 19.3. The van der Waals surface area contributed by atoms with Crippen LogP contribution in [-0.2, 0) is 11.2 Å². The van der Waals surface area contributed by atoms with Gasteiger partial charge in [0.2, 0.25) is 0 Å². The normalized spacial score (nSPS) is 10.4. The van der Waals surface area contributed by atoms with Crippen LogP contribution in [0.15, 0.2) is 18.2 Å². The second kappa shape index (κ2) is 5.29. The first-order valence-corrected chi connectivity index (χ1v) is 4.55. The molecule has 0 amide bonds. The monoisotopic (exact) mass is 229 g/mol. The molecule has 4 nitrogen and oxygen atoms in total. The molecule has 0 fully saturated rings. The molecule has 0 aliphatic heterocycles. The molecule has 6 heteroatoms. The van der Waals surface area contributed by atoms with E-state index >= 15 is 0 Å². The quantitative estimate of drug-likeness (QED) is 0.443. The largest absolute Gasteiger partial charge is 0.303 e. The van der Waals surface area contributed by atoms with E-state index in [0.29, 0.717) is 18.3 Å². The van der Waals surface area contributed by atoms with Crippen molar-refractivity contribution in [2.24, 2.45) is 0 Å². The van der Waals surface area contributed by atoms with Gasteiger partial charge in [0, 0.05) is 12.5 Å². The van der Waals surface area contributed by atoms with Gasteiger partial charge in [-0.25, -0.2) is 8.78 Å². The molecule has 0 unspecified atom stereocenters. The molecule has 0 radical (unpaired) electrons. The fourth-order valence-corrected chi connectivity index (χ4v) is 1.31. The topological polar surface area (TPSA) is 60.2 Å². The molecule has 0 saturated heterocycles. The van der Waals surface area contributed by atoms with Crippen molar-refractivity contribution in [2.75, 3.05) is 0 Å². The van der Waals surface area contributed by atoms with Crippen molar-refractivity contribution < 1.29 is 18.5 Å². The molecule has 0 aromatic heterocycles. The average Bonchev–Trinajstić information content (AvgIpc) is 2.25. The van der Waals surface area contributed by atoms with Crippen molar-refractivity contribution >= 4 is 12.0 Å². The van der Waals surface area contributed by atoms with Gasteiger partial charge in [0.1, 0.15) is 6.29 Å². The second-order valence-electron chi connectivity index (χ2n) is 3.16. The fraction of sp³-hybridized carbons (Fsp3) is 0.300. The van der Waals surface area contributed by atoms with Gasteiger partial charge < -0.3 is 4.79 Å². The maximum Gasteiger partial charge on any atom is 0.278 e. The SMILES string of the molecule is O=CCCc1ccc(C(F)F)c([N+](=O)[O-])c1. The molecule has 1 rings (SSSR count). The molecule has 0 bridgehead atoms. The number of carbonyl (C=O) groups is 1. The maximum atomic E-state index is 12.4. The van der Waals surface area contributed by atoms with E-state index < -0.39 is 22.6 Å². The van der Waals surface area contributed by atoms with Crippen LogP contribution in [-0.4, -0.2) is 11.2 Å². The van der Waals surface area contributed by atoms with Crippen LogP contribution in [0.5, 0.6) is 0 Å². The molecule has 0 aliphatic rings. The standard InChI is InChI=1S/C10H9F2NO3/c11-10(12)8-4-3-7(2-1-5-14)6-9(8)13(15)16/h3-6,10H,1-2H2. The predicted octanol–water partition coefficient (Wildman–Crippen LogP) is 2.66. The van der Waals surface area contributed by atoms with Gasteiger partial charge in [0.15, 0.2) is 0 Å². The van der Waals surface area contributed by atoms with Gasteiger partial charge in [-0.3, -0.25) is 10.1 Å². The molecular weight excluding hydrogens is 220 g/mol. The summed E-state index contributed by atoms with van der Waals surface area (Å²) in [4.78, 5) is 19.8. The number of hydrogen-bond donors (Lipinski definition) is 0. The molecule has 1 aromatic carbocycles. The van der Waals surface area contributed by atoms with Crippen molar-refractivity contribution in [3.63, 3.8) is 0 Å². The third kappa shape index (κ3) is 2.82. The summed E-state index contributed by atoms with van der Waals surface area (Å²) < 4.78 is 24.8. The first-order chi connectivity index (χ1) is 7.56. The third-order valence-electron chi connectivity index (χ3n) is 2.08. The number of carbonyl (C=O) groups excluding carboxylic acids is 1. The van der Waals surface area contributed by atoms with Crippen molar-refractivity contribution in [1.29, 1.82) is 0 Å². The molecular formula is C10H9F2NO3. The van der Waals surface area contributed by atoms with E-state index in [1.54, 1.807) is 0 Å². The molecule has 86 valence electrons. The Morgan fingerprint density at radius 1 is 1.44 bits per heavy atom. The van der Waals surface area contributed by atoms with E-state index in [0.717, 1.165) is 12.1 Å². The Labute approximate surface area is 90.0 Å². The molecule has 0 N–H and O–H groups in total. The van der Waals surface area contributed by atoms with Crippen LogP contribution < -0.4 is 0 Å². The lowest BCUT2D eigenvalue weighted by Crippen LogP contribution is -1.98. The lowest BCUT2D eigenvalue weighted by atomic mass is 10.1. The van der Waals surface area contributed by atoms with Gasteiger partial charge >= 0.3 is 0 Å². The number of halogens is 2. The number of nitro groups is 1. The Hall–Kier alpha value is -1.85. The molecule has 0 spiro atoms. The summed E-state index contributed by atoms with van der Waals surface area (Å²) in [5.41, 5.74) is -0.693. The van der Waals surface area contributed by atoms with Crippen LogP contribution >= 0.6 is 0 Å². The number of nitro benzene ring substituents is 1. The lowest BCUT2D eigenvalue weighted by Gasteiger charge is -2.03. The Kier molecular flexibility index (Phi) is 4.04. The Morgan fingerprint density at radius 3 is 2.62 bits per heavy atom. The van der Waals surface area contributed by atoms with Crippen molar-refractivity contribution in [3.8, 4) is 0 Å². The van der Waals surface area contributed by atoms with E-state index in [4.69, 9.17) is 0 Å². The van der Waals surface area contributed by atoms with Gasteiger partial charge in [-0.05, 0) is 18.1 Å². The van der Waals surface area contributed by atoms with Gasteiger partial charge in [-0.2, -0.15) is 0 Å². The van der Waals surface area contributed by atoms with Crippen LogP contribution in [0.1, 0.15) is 24.0 Å². The summed E-state index contributed by atoms with van der Waals surface area (Å²) in [5.74, 6) is 0. The first kappa shape index (κ1) is 12.2. The predicted molar refractivity (Wildman–Crippen MR) is 52.4 cm³/mol. The Morgan fingerprint density at radius 2 is 2.12 bits per heavy atom. The third-order valence-corrected chi connectivity index (χ3v) is 2.08. The minimum absolute atomic E-state index is 0.213. The van der Waals surface area contributed by atoms with Gasteiger partial charge in [-0.1, -0.05) is 6.07 Å². The average molecular weight is 229 g/mol. The number of alkyl halides is 2. The minimum Gasteiger partial charge on any atom is -0.303 e. The van der Waals surface area contributed by atoms with Gasteiger partial charge in [0.05, 0.1) is 10.5 Å². The zero-order chi connectivity index (χ0) is 12.1. The molecule has 0 atom stereocenters. The van der Waals surface area contributed by atoms with Crippen LogP contribution in [0.2, 0.25) is 0 Å². The zero-order valence-corrected chi connectivity index (χ0v) is 8.23. The van der Waals surface area contributed by atoms with E-state index in [-0.39, 0.29) is 6.42 Å². The number of hydrogen-bond acceptors (Lipinski definition) is 3. The highest BCUT2D eigenvalue weighted by Crippen LogP contribution is 2.29. The highest BCUT2D eigenvalue weighted by Gasteiger charge is 2.21. The maximum absolute atomic E-state index is 12.4. The molecule has 16 heavy (non-hydrogen) atoms. The van der Waals surface area contributed by atoms with Crippen molar-refractivity contribution in [3.05, 3.63) is 39.4 Å². The smallest absolute Gasteiger partial charge is 0.278 e. The molecule has 0 heterocycles. The van der Waals surface area contributed by atoms with E-state index in [9.17, 15) is 23.7 Å². The summed E-state index contributed by atoms with van der Waals surface area (Å²) in [6.07, 6.45) is -1.67. The van der Waals surface area contributed by atoms with Gasteiger partial charge in [0.25, 0.3) is 12.1 Å². The van der Waals surface area contributed by atoms with E-state index in [2.05, 4.69) is 0 Å². The van der Waals surface area contributed by atoms with Crippen LogP contribution in [0, 0.1) is 10.1 Å². The summed E-state index contributed by atoms with van der Waals surface area (Å²) in [6.45, 7) is 0. The number of aldehydes is 1. The summed E-state index contributed by atoms with van der Waals surface area (Å²) in [5, 5.41) is 10.6.